The van der Waals surface area contributed by atoms with Gasteiger partial charge in [0.1, 0.15) is 0 Å². The van der Waals surface area contributed by atoms with E-state index in [-0.39, 0.29) is 36.2 Å². The summed E-state index contributed by atoms with van der Waals surface area (Å²) in [5.74, 6) is 0. The third-order valence-corrected chi connectivity index (χ3v) is 7.12. The second-order valence-corrected chi connectivity index (χ2v) is 11.2. The van der Waals surface area contributed by atoms with E-state index in [2.05, 4.69) is 44.8 Å². The van der Waals surface area contributed by atoms with Crippen LogP contribution in [0.15, 0.2) is 0 Å². The van der Waals surface area contributed by atoms with Crippen LogP contribution in [0.5, 0.6) is 0 Å². The van der Waals surface area contributed by atoms with Gasteiger partial charge < -0.3 is 12.1 Å². The third-order valence-electron chi connectivity index (χ3n) is 6.83. The molecule has 7 heteroatoms. The molecule has 37 heavy (non-hydrogen) atoms. The number of unbranched alkanes of at least 4 members (excludes halogenated alkanes) is 22. The van der Waals surface area contributed by atoms with E-state index in [1.165, 1.54) is 141 Å². The van der Waals surface area contributed by atoms with Gasteiger partial charge in [-0.2, -0.15) is 0 Å². The molecule has 0 bridgehead atoms. The van der Waals surface area contributed by atoms with Crippen LogP contribution in [0.1, 0.15) is 169 Å². The number of carbonyl (C=O) groups excluding carboxylic acids is 2. The van der Waals surface area contributed by atoms with E-state index in [1.54, 1.807) is 0 Å². The maximum Gasteiger partial charge on any atom is 1.00 e. The standard InChI is InChI=1S/C29H59NOS.CH3NOS.Na.H/c1-3-5-7-9-11-13-15-17-19-21-23-25-27-30(29(31)32)28-26-24-22-20-18-16-14-12-10-8-6-4-2;2-1(3)4;;/h3-28H2,1-2H3,(H,31,32);(H3,2,3,4);;/q;;+1;-1. The van der Waals surface area contributed by atoms with Gasteiger partial charge in [0, 0.05) is 13.1 Å². The fraction of sp³-hybridized carbons (Fsp3) is 0.933. The first-order chi connectivity index (χ1) is 17.5. The molecule has 0 aliphatic heterocycles. The molecule has 0 rings (SSSR count). The summed E-state index contributed by atoms with van der Waals surface area (Å²) in [5.41, 5.74) is 4.34. The molecule has 0 atom stereocenters. The van der Waals surface area contributed by atoms with Gasteiger partial charge in [0.25, 0.3) is 10.5 Å². The van der Waals surface area contributed by atoms with E-state index >= 15 is 0 Å². The molecule has 0 spiro atoms. The number of thiol groups is 2. The Morgan fingerprint density at radius 2 is 0.703 bits per heavy atom. The molecule has 0 saturated heterocycles. The van der Waals surface area contributed by atoms with Crippen molar-refractivity contribution in [2.75, 3.05) is 13.1 Å². The Morgan fingerprint density at radius 1 is 0.514 bits per heavy atom. The van der Waals surface area contributed by atoms with E-state index in [1.807, 2.05) is 4.90 Å². The number of nitrogens with two attached hydrogens (primary N) is 1. The summed E-state index contributed by atoms with van der Waals surface area (Å²) in [6, 6.07) is 0. The van der Waals surface area contributed by atoms with Crippen LogP contribution < -0.4 is 35.3 Å². The van der Waals surface area contributed by atoms with Gasteiger partial charge in [-0.1, -0.05) is 180 Å². The van der Waals surface area contributed by atoms with Crippen molar-refractivity contribution in [3.63, 3.8) is 0 Å². The van der Waals surface area contributed by atoms with E-state index in [9.17, 15) is 4.79 Å². The van der Waals surface area contributed by atoms with Gasteiger partial charge in [0.05, 0.1) is 0 Å². The van der Waals surface area contributed by atoms with Gasteiger partial charge in [-0.3, -0.25) is 9.59 Å². The van der Waals surface area contributed by atoms with Crippen LogP contribution in [-0.4, -0.2) is 28.5 Å². The van der Waals surface area contributed by atoms with Crippen molar-refractivity contribution < 1.29 is 40.6 Å². The Balaban J connectivity index is -0.000000893. The largest absolute Gasteiger partial charge is 1.00 e. The molecule has 2 N–H and O–H groups in total. The minimum atomic E-state index is -0.639. The zero-order valence-corrected chi connectivity index (χ0v) is 28.9. The van der Waals surface area contributed by atoms with Crippen LogP contribution in [0.2, 0.25) is 0 Å². The average Bonchev–Trinajstić information content (AvgIpc) is 2.83. The van der Waals surface area contributed by atoms with Gasteiger partial charge >= 0.3 is 29.6 Å². The van der Waals surface area contributed by atoms with Crippen LogP contribution in [0.25, 0.3) is 0 Å². The van der Waals surface area contributed by atoms with Gasteiger partial charge in [-0.15, -0.1) is 0 Å². The Kier molecular flexibility index (Phi) is 41.7. The Labute approximate surface area is 266 Å². The zero-order valence-electron chi connectivity index (χ0n) is 26.1. The number of amides is 2. The third kappa shape index (κ3) is 41.3. The van der Waals surface area contributed by atoms with Crippen LogP contribution >= 0.6 is 25.3 Å². The summed E-state index contributed by atoms with van der Waals surface area (Å²) in [7, 11) is 0. The molecule has 0 aromatic heterocycles. The predicted octanol–water partition coefficient (Wildman–Crippen LogP) is 7.85. The molecule has 0 unspecified atom stereocenters. The van der Waals surface area contributed by atoms with Crippen LogP contribution in [0, 0.1) is 0 Å². The molecule has 218 valence electrons. The zero-order chi connectivity index (χ0) is 27.1. The molecule has 0 aliphatic rings. The molecular formula is C30H63N2NaO2S2. The summed E-state index contributed by atoms with van der Waals surface area (Å²) in [4.78, 5) is 22.9. The fourth-order valence-corrected chi connectivity index (χ4v) is 4.79. The van der Waals surface area contributed by atoms with Crippen molar-refractivity contribution in [1.29, 1.82) is 0 Å². The number of primary amides is 1. The monoisotopic (exact) mass is 570 g/mol. The van der Waals surface area contributed by atoms with E-state index in [0.29, 0.717) is 0 Å². The number of nitrogens with zero attached hydrogens (tertiary/aromatic N) is 1. The van der Waals surface area contributed by atoms with Gasteiger partial charge in [0.2, 0.25) is 0 Å². The predicted molar refractivity (Wildman–Crippen MR) is 168 cm³/mol. The molecule has 0 fully saturated rings. The quantitative estimate of drug-likeness (QED) is 0.0563. The molecule has 0 heterocycles. The Morgan fingerprint density at radius 3 is 0.892 bits per heavy atom. The second kappa shape index (κ2) is 36.6. The summed E-state index contributed by atoms with van der Waals surface area (Å²) in [5, 5.41) is -0.670. The molecular weight excluding hydrogens is 507 g/mol. The van der Waals surface area contributed by atoms with E-state index < -0.39 is 5.24 Å². The smallest absolute Gasteiger partial charge is 1.00 e. The fourth-order valence-electron chi connectivity index (χ4n) is 4.59. The SMILES string of the molecule is CCCCCCCCCCCCCCN(CCCCCCCCCCCCCC)C(=O)S.NC(=O)S.[H-].[Na+]. The van der Waals surface area contributed by atoms with Crippen molar-refractivity contribution in [2.45, 2.75) is 168 Å². The van der Waals surface area contributed by atoms with Crippen LogP contribution in [0.4, 0.5) is 9.59 Å². The number of hydrogen-bond acceptors (Lipinski definition) is 2. The minimum absolute atomic E-state index is 0. The molecule has 0 aromatic carbocycles. The first kappa shape index (κ1) is 42.1. The number of carbonyl (C=O) groups is 2. The van der Waals surface area contributed by atoms with Gasteiger partial charge in [0.15, 0.2) is 0 Å². The van der Waals surface area contributed by atoms with E-state index in [4.69, 9.17) is 4.79 Å². The summed E-state index contributed by atoms with van der Waals surface area (Å²) in [6.07, 6.45) is 32.7. The molecule has 4 nitrogen and oxygen atoms in total. The van der Waals surface area contributed by atoms with Gasteiger partial charge in [-0.25, -0.2) is 0 Å². The summed E-state index contributed by atoms with van der Waals surface area (Å²) < 4.78 is 0. The molecule has 0 radical (unpaired) electrons. The topological polar surface area (TPSA) is 63.4 Å². The van der Waals surface area contributed by atoms with Crippen molar-refractivity contribution in [1.82, 2.24) is 4.90 Å². The first-order valence-corrected chi connectivity index (χ1v) is 16.3. The maximum absolute atomic E-state index is 11.8. The van der Waals surface area contributed by atoms with Crippen LogP contribution in [0.3, 0.4) is 0 Å². The molecule has 0 aromatic rings. The normalized spacial score (nSPS) is 10.4. The number of rotatable bonds is 26. The Hall–Kier alpha value is 0.640. The molecule has 0 saturated carbocycles. The molecule has 2 amide bonds. The van der Waals surface area contributed by atoms with Crippen molar-refractivity contribution in [2.24, 2.45) is 5.73 Å². The van der Waals surface area contributed by atoms with E-state index in [0.717, 1.165) is 25.9 Å². The number of hydrogen-bond donors (Lipinski definition) is 3. The Bertz CT molecular complexity index is 446. The summed E-state index contributed by atoms with van der Waals surface area (Å²) >= 11 is 7.21. The van der Waals surface area contributed by atoms with Crippen LogP contribution in [-0.2, 0) is 0 Å². The molecule has 0 aliphatic carbocycles. The van der Waals surface area contributed by atoms with Crippen molar-refractivity contribution >= 4 is 35.7 Å². The summed E-state index contributed by atoms with van der Waals surface area (Å²) in [6.45, 7) is 6.37. The maximum atomic E-state index is 11.8. The second-order valence-electron chi connectivity index (χ2n) is 10.4. The minimum Gasteiger partial charge on any atom is -1.00 e. The van der Waals surface area contributed by atoms with Crippen molar-refractivity contribution in [3.05, 3.63) is 0 Å². The van der Waals surface area contributed by atoms with Crippen molar-refractivity contribution in [3.8, 4) is 0 Å². The average molecular weight is 571 g/mol. The first-order valence-electron chi connectivity index (χ1n) is 15.4. The van der Waals surface area contributed by atoms with Gasteiger partial charge in [-0.05, 0) is 12.8 Å².